The van der Waals surface area contributed by atoms with Gasteiger partial charge in [0.1, 0.15) is 5.75 Å². The predicted molar refractivity (Wildman–Crippen MR) is 98.8 cm³/mol. The summed E-state index contributed by atoms with van der Waals surface area (Å²) in [5.41, 5.74) is 3.81. The fraction of sp³-hybridized carbons (Fsp3) is 0.450. The van der Waals surface area contributed by atoms with Gasteiger partial charge in [-0.15, -0.1) is 11.3 Å². The van der Waals surface area contributed by atoms with Crippen LogP contribution in [0.5, 0.6) is 5.75 Å². The first-order valence-corrected chi connectivity index (χ1v) is 9.45. The van der Waals surface area contributed by atoms with Crippen molar-refractivity contribution in [2.75, 3.05) is 6.54 Å². The molecule has 0 bridgehead atoms. The maximum Gasteiger partial charge on any atom is 0.263 e. The maximum absolute atomic E-state index is 12.7. The van der Waals surface area contributed by atoms with E-state index in [0.717, 1.165) is 18.7 Å². The Morgan fingerprint density at radius 3 is 2.75 bits per heavy atom. The van der Waals surface area contributed by atoms with Crippen molar-refractivity contribution in [1.29, 1.82) is 0 Å². The minimum atomic E-state index is -0.463. The van der Waals surface area contributed by atoms with E-state index < -0.39 is 6.10 Å². The molecular weight excluding hydrogens is 318 g/mol. The first-order chi connectivity index (χ1) is 11.5. The Kier molecular flexibility index (Phi) is 4.95. The molecule has 128 valence electrons. The first-order valence-electron chi connectivity index (χ1n) is 8.57. The third-order valence-electron chi connectivity index (χ3n) is 4.64. The molecule has 2 heterocycles. The van der Waals surface area contributed by atoms with Crippen LogP contribution in [0.25, 0.3) is 0 Å². The van der Waals surface area contributed by atoms with E-state index in [2.05, 4.69) is 38.3 Å². The molecule has 1 atom stereocenters. The molecule has 0 saturated heterocycles. The van der Waals surface area contributed by atoms with Gasteiger partial charge in [-0.3, -0.25) is 4.79 Å². The summed E-state index contributed by atoms with van der Waals surface area (Å²) in [4.78, 5) is 16.0. The van der Waals surface area contributed by atoms with Gasteiger partial charge >= 0.3 is 0 Å². The largest absolute Gasteiger partial charge is 0.481 e. The number of carbonyl (C=O) groups is 1. The van der Waals surface area contributed by atoms with E-state index in [0.29, 0.717) is 12.5 Å². The maximum atomic E-state index is 12.7. The molecule has 24 heavy (non-hydrogen) atoms. The Morgan fingerprint density at radius 1 is 1.25 bits per heavy atom. The molecule has 0 N–H and O–H groups in total. The van der Waals surface area contributed by atoms with E-state index in [1.165, 1.54) is 21.6 Å². The second kappa shape index (κ2) is 6.98. The van der Waals surface area contributed by atoms with Crippen LogP contribution in [-0.2, 0) is 17.8 Å². The minimum absolute atomic E-state index is 0.0671. The van der Waals surface area contributed by atoms with Crippen molar-refractivity contribution < 1.29 is 9.53 Å². The van der Waals surface area contributed by atoms with Gasteiger partial charge in [0.2, 0.25) is 0 Å². The highest BCUT2D eigenvalue weighted by Crippen LogP contribution is 2.26. The number of fused-ring (bicyclic) bond motifs is 1. The number of carbonyl (C=O) groups excluding carboxylic acids is 1. The van der Waals surface area contributed by atoms with Crippen molar-refractivity contribution >= 4 is 17.2 Å². The van der Waals surface area contributed by atoms with Crippen molar-refractivity contribution in [2.24, 2.45) is 0 Å². The van der Waals surface area contributed by atoms with Crippen LogP contribution < -0.4 is 4.74 Å². The number of hydrogen-bond donors (Lipinski definition) is 0. The molecule has 1 aromatic carbocycles. The van der Waals surface area contributed by atoms with Gasteiger partial charge in [0.15, 0.2) is 6.10 Å². The SMILES string of the molecule is Cc1cc(OC(C)C(=O)N2CCc3sccc3C2)ccc1C(C)C. The molecule has 0 saturated carbocycles. The van der Waals surface area contributed by atoms with E-state index in [1.54, 1.807) is 11.3 Å². The highest BCUT2D eigenvalue weighted by molar-refractivity contribution is 7.10. The van der Waals surface area contributed by atoms with Crippen LogP contribution in [0.15, 0.2) is 29.6 Å². The van der Waals surface area contributed by atoms with Gasteiger partial charge in [0, 0.05) is 18.0 Å². The van der Waals surface area contributed by atoms with Crippen molar-refractivity contribution in [1.82, 2.24) is 4.90 Å². The van der Waals surface area contributed by atoms with Crippen LogP contribution in [0.1, 0.15) is 48.3 Å². The number of ether oxygens (including phenoxy) is 1. The average Bonchev–Trinajstić information content (AvgIpc) is 3.01. The van der Waals surface area contributed by atoms with E-state index in [1.807, 2.05) is 24.0 Å². The smallest absolute Gasteiger partial charge is 0.263 e. The molecule has 3 nitrogen and oxygen atoms in total. The molecule has 1 unspecified atom stereocenters. The van der Waals surface area contributed by atoms with Crippen LogP contribution in [0.4, 0.5) is 0 Å². The minimum Gasteiger partial charge on any atom is -0.481 e. The van der Waals surface area contributed by atoms with Crippen LogP contribution in [0.3, 0.4) is 0 Å². The zero-order valence-electron chi connectivity index (χ0n) is 14.8. The molecule has 1 aromatic heterocycles. The predicted octanol–water partition coefficient (Wildman–Crippen LogP) is 4.53. The number of thiophene rings is 1. The summed E-state index contributed by atoms with van der Waals surface area (Å²) in [5, 5.41) is 2.11. The number of aryl methyl sites for hydroxylation is 1. The van der Waals surface area contributed by atoms with Gasteiger partial charge in [-0.05, 0) is 66.5 Å². The van der Waals surface area contributed by atoms with Crippen molar-refractivity contribution in [3.8, 4) is 5.75 Å². The standard InChI is InChI=1S/C20H25NO2S/c1-13(2)18-6-5-17(11-14(18)3)23-15(4)20(22)21-9-7-19-16(12-21)8-10-24-19/h5-6,8,10-11,13,15H,7,9,12H2,1-4H3. The molecule has 0 fully saturated rings. The lowest BCUT2D eigenvalue weighted by Crippen LogP contribution is -2.42. The molecule has 0 aliphatic carbocycles. The zero-order chi connectivity index (χ0) is 17.3. The van der Waals surface area contributed by atoms with Gasteiger partial charge in [0.25, 0.3) is 5.91 Å². The summed E-state index contributed by atoms with van der Waals surface area (Å²) in [7, 11) is 0. The lowest BCUT2D eigenvalue weighted by Gasteiger charge is -2.29. The molecule has 2 aromatic rings. The summed E-state index contributed by atoms with van der Waals surface area (Å²) < 4.78 is 5.93. The van der Waals surface area contributed by atoms with Crippen LogP contribution in [0, 0.1) is 6.92 Å². The third-order valence-corrected chi connectivity index (χ3v) is 5.67. The monoisotopic (exact) mass is 343 g/mol. The van der Waals surface area contributed by atoms with Crippen molar-refractivity contribution in [3.63, 3.8) is 0 Å². The summed E-state index contributed by atoms with van der Waals surface area (Å²) in [5.74, 6) is 1.33. The summed E-state index contributed by atoms with van der Waals surface area (Å²) in [6.45, 7) is 9.80. The molecule has 1 aliphatic heterocycles. The quantitative estimate of drug-likeness (QED) is 0.816. The number of nitrogens with zero attached hydrogens (tertiary/aromatic N) is 1. The van der Waals surface area contributed by atoms with Crippen LogP contribution in [0.2, 0.25) is 0 Å². The Hall–Kier alpha value is -1.81. The topological polar surface area (TPSA) is 29.5 Å². The van der Waals surface area contributed by atoms with E-state index in [9.17, 15) is 4.79 Å². The van der Waals surface area contributed by atoms with Gasteiger partial charge in [-0.25, -0.2) is 0 Å². The number of rotatable bonds is 4. The highest BCUT2D eigenvalue weighted by atomic mass is 32.1. The molecule has 0 radical (unpaired) electrons. The molecule has 1 aliphatic rings. The molecule has 1 amide bonds. The summed E-state index contributed by atoms with van der Waals surface area (Å²) in [6, 6.07) is 8.23. The molecular formula is C20H25NO2S. The zero-order valence-corrected chi connectivity index (χ0v) is 15.7. The third kappa shape index (κ3) is 3.48. The number of benzene rings is 1. The van der Waals surface area contributed by atoms with Gasteiger partial charge in [0.05, 0.1) is 0 Å². The van der Waals surface area contributed by atoms with Crippen molar-refractivity contribution in [3.05, 3.63) is 51.2 Å². The molecule has 3 rings (SSSR count). The summed E-state index contributed by atoms with van der Waals surface area (Å²) >= 11 is 1.79. The van der Waals surface area contributed by atoms with E-state index in [-0.39, 0.29) is 5.91 Å². The van der Waals surface area contributed by atoms with Crippen LogP contribution in [-0.4, -0.2) is 23.5 Å². The van der Waals surface area contributed by atoms with Gasteiger partial charge in [-0.1, -0.05) is 19.9 Å². The van der Waals surface area contributed by atoms with E-state index >= 15 is 0 Å². The Bertz CT molecular complexity index is 735. The van der Waals surface area contributed by atoms with Gasteiger partial charge < -0.3 is 9.64 Å². The Balaban J connectivity index is 1.65. The number of amides is 1. The normalized spacial score (nSPS) is 15.3. The van der Waals surface area contributed by atoms with E-state index in [4.69, 9.17) is 4.74 Å². The highest BCUT2D eigenvalue weighted by Gasteiger charge is 2.26. The van der Waals surface area contributed by atoms with Crippen LogP contribution >= 0.6 is 11.3 Å². The number of hydrogen-bond acceptors (Lipinski definition) is 3. The lowest BCUT2D eigenvalue weighted by molar-refractivity contribution is -0.138. The fourth-order valence-electron chi connectivity index (χ4n) is 3.32. The Labute approximate surface area is 148 Å². The second-order valence-corrected chi connectivity index (χ2v) is 7.81. The second-order valence-electron chi connectivity index (χ2n) is 6.81. The van der Waals surface area contributed by atoms with Crippen molar-refractivity contribution in [2.45, 2.75) is 52.7 Å². The average molecular weight is 343 g/mol. The first kappa shape index (κ1) is 17.0. The fourth-order valence-corrected chi connectivity index (χ4v) is 4.21. The van der Waals surface area contributed by atoms with Gasteiger partial charge in [-0.2, -0.15) is 0 Å². The summed E-state index contributed by atoms with van der Waals surface area (Å²) in [6.07, 6.45) is 0.489. The lowest BCUT2D eigenvalue weighted by atomic mass is 9.98. The Morgan fingerprint density at radius 2 is 2.04 bits per heavy atom. The molecule has 4 heteroatoms. The molecule has 0 spiro atoms.